The van der Waals surface area contributed by atoms with E-state index < -0.39 is 0 Å². The minimum Gasteiger partial charge on any atom is -0.383 e. The van der Waals surface area contributed by atoms with Gasteiger partial charge in [-0.3, -0.25) is 14.7 Å². The topological polar surface area (TPSA) is 54.9 Å². The van der Waals surface area contributed by atoms with Crippen molar-refractivity contribution in [2.45, 2.75) is 12.5 Å². The summed E-state index contributed by atoms with van der Waals surface area (Å²) in [6.45, 7) is 3.91. The summed E-state index contributed by atoms with van der Waals surface area (Å²) in [7, 11) is 3.14. The molecule has 0 spiro atoms. The van der Waals surface area contributed by atoms with Crippen molar-refractivity contribution in [2.75, 3.05) is 53.6 Å². The van der Waals surface area contributed by atoms with Gasteiger partial charge in [0, 0.05) is 59.1 Å². The number of amides is 1. The van der Waals surface area contributed by atoms with E-state index in [4.69, 9.17) is 9.47 Å². The maximum absolute atomic E-state index is 13.9. The summed E-state index contributed by atoms with van der Waals surface area (Å²) < 4.78 is 24.2. The van der Waals surface area contributed by atoms with Crippen LogP contribution in [0.5, 0.6) is 0 Å². The minimum atomic E-state index is -0.235. The second-order valence-electron chi connectivity index (χ2n) is 7.70. The summed E-state index contributed by atoms with van der Waals surface area (Å²) in [4.78, 5) is 21.1. The zero-order valence-electron chi connectivity index (χ0n) is 17.7. The normalized spacial score (nSPS) is 19.2. The first-order chi connectivity index (χ1) is 14.6. The van der Waals surface area contributed by atoms with Crippen LogP contribution in [0.25, 0.3) is 0 Å². The number of benzene rings is 1. The third-order valence-corrected chi connectivity index (χ3v) is 5.55. The van der Waals surface area contributed by atoms with Crippen molar-refractivity contribution in [3.05, 3.63) is 65.7 Å². The number of methoxy groups -OCH3 is 2. The molecule has 1 aliphatic heterocycles. The molecule has 6 nitrogen and oxygen atoms in total. The zero-order chi connectivity index (χ0) is 21.3. The molecular weight excluding hydrogens is 385 g/mol. The van der Waals surface area contributed by atoms with Crippen LogP contribution in [0.4, 0.5) is 4.39 Å². The Balaban J connectivity index is 1.78. The van der Waals surface area contributed by atoms with Crippen molar-refractivity contribution in [1.29, 1.82) is 0 Å². The molecule has 0 bridgehead atoms. The van der Waals surface area contributed by atoms with Crippen molar-refractivity contribution >= 4 is 5.91 Å². The molecule has 1 aromatic heterocycles. The molecule has 1 aliphatic rings. The molecule has 1 amide bonds. The van der Waals surface area contributed by atoms with Gasteiger partial charge in [0.15, 0.2) is 0 Å². The number of ether oxygens (including phenoxy) is 2. The molecule has 7 heteroatoms. The number of rotatable bonds is 10. The van der Waals surface area contributed by atoms with Crippen LogP contribution in [0, 0.1) is 11.7 Å². The van der Waals surface area contributed by atoms with Crippen molar-refractivity contribution < 1.29 is 18.7 Å². The van der Waals surface area contributed by atoms with Gasteiger partial charge in [0.25, 0.3) is 0 Å². The van der Waals surface area contributed by atoms with Gasteiger partial charge in [-0.05, 0) is 35.7 Å². The molecule has 3 rings (SSSR count). The standard InChI is InChI=1S/C23H30FN3O3/c1-29-11-10-27(23(28)17-30-2)14-19-13-26(15-21-8-3-4-9-25-21)16-22(19)18-6-5-7-20(24)12-18/h3-9,12,19,22H,10-11,13-17H2,1-2H3/t19-,22-/m0/s1. The number of nitrogens with zero attached hydrogens (tertiary/aromatic N) is 3. The molecule has 0 saturated carbocycles. The lowest BCUT2D eigenvalue weighted by Crippen LogP contribution is -2.41. The number of carbonyl (C=O) groups is 1. The Morgan fingerprint density at radius 1 is 1.20 bits per heavy atom. The maximum atomic E-state index is 13.9. The lowest BCUT2D eigenvalue weighted by atomic mass is 9.88. The molecule has 0 aliphatic carbocycles. The van der Waals surface area contributed by atoms with Gasteiger partial charge in [0.05, 0.1) is 12.3 Å². The van der Waals surface area contributed by atoms with Crippen molar-refractivity contribution in [1.82, 2.24) is 14.8 Å². The van der Waals surface area contributed by atoms with E-state index in [0.717, 1.165) is 30.9 Å². The van der Waals surface area contributed by atoms with Crippen LogP contribution in [0.2, 0.25) is 0 Å². The van der Waals surface area contributed by atoms with E-state index >= 15 is 0 Å². The quantitative estimate of drug-likeness (QED) is 0.597. The first kappa shape index (κ1) is 22.3. The first-order valence-electron chi connectivity index (χ1n) is 10.2. The van der Waals surface area contributed by atoms with Crippen LogP contribution in [0.3, 0.4) is 0 Å². The number of halogens is 1. The molecule has 0 N–H and O–H groups in total. The highest BCUT2D eigenvalue weighted by molar-refractivity contribution is 5.77. The highest BCUT2D eigenvalue weighted by Gasteiger charge is 2.36. The monoisotopic (exact) mass is 415 g/mol. The highest BCUT2D eigenvalue weighted by atomic mass is 19.1. The van der Waals surface area contributed by atoms with E-state index in [2.05, 4.69) is 9.88 Å². The van der Waals surface area contributed by atoms with Crippen molar-refractivity contribution in [3.8, 4) is 0 Å². The zero-order valence-corrected chi connectivity index (χ0v) is 17.7. The number of hydrogen-bond donors (Lipinski definition) is 0. The molecule has 0 radical (unpaired) electrons. The second kappa shape index (κ2) is 11.2. The lowest BCUT2D eigenvalue weighted by Gasteiger charge is -2.28. The van der Waals surface area contributed by atoms with Crippen molar-refractivity contribution in [2.24, 2.45) is 5.92 Å². The van der Waals surface area contributed by atoms with E-state index in [0.29, 0.717) is 19.7 Å². The SMILES string of the molecule is COCCN(C[C@@H]1CN(Cc2ccccn2)C[C@H]1c1cccc(F)c1)C(=O)COC. The Morgan fingerprint density at radius 3 is 2.77 bits per heavy atom. The Bertz CT molecular complexity index is 805. The summed E-state index contributed by atoms with van der Waals surface area (Å²) in [6.07, 6.45) is 1.79. The van der Waals surface area contributed by atoms with E-state index in [1.807, 2.05) is 24.3 Å². The molecule has 2 aromatic rings. The average molecular weight is 416 g/mol. The van der Waals surface area contributed by atoms with Gasteiger partial charge >= 0.3 is 0 Å². The van der Waals surface area contributed by atoms with Gasteiger partial charge in [0.1, 0.15) is 12.4 Å². The third-order valence-electron chi connectivity index (χ3n) is 5.55. The molecule has 2 atom stereocenters. The fraction of sp³-hybridized carbons (Fsp3) is 0.478. The summed E-state index contributed by atoms with van der Waals surface area (Å²) in [5, 5.41) is 0. The van der Waals surface area contributed by atoms with Crippen LogP contribution < -0.4 is 0 Å². The largest absolute Gasteiger partial charge is 0.383 e. The highest BCUT2D eigenvalue weighted by Crippen LogP contribution is 2.34. The van der Waals surface area contributed by atoms with E-state index in [1.165, 1.54) is 13.2 Å². The smallest absolute Gasteiger partial charge is 0.248 e. The predicted octanol–water partition coefficient (Wildman–Crippen LogP) is 2.56. The molecule has 1 aromatic carbocycles. The van der Waals surface area contributed by atoms with Gasteiger partial charge in [-0.1, -0.05) is 18.2 Å². The number of likely N-dealkylation sites (tertiary alicyclic amines) is 1. The van der Waals surface area contributed by atoms with E-state index in [9.17, 15) is 9.18 Å². The van der Waals surface area contributed by atoms with Gasteiger partial charge < -0.3 is 14.4 Å². The van der Waals surface area contributed by atoms with Crippen LogP contribution in [0.15, 0.2) is 48.7 Å². The van der Waals surface area contributed by atoms with E-state index in [1.54, 1.807) is 30.3 Å². The van der Waals surface area contributed by atoms with Crippen LogP contribution in [-0.2, 0) is 20.8 Å². The van der Waals surface area contributed by atoms with Gasteiger partial charge in [-0.2, -0.15) is 0 Å². The van der Waals surface area contributed by atoms with E-state index in [-0.39, 0.29) is 30.2 Å². The Hall–Kier alpha value is -2.35. The summed E-state index contributed by atoms with van der Waals surface area (Å²) in [6, 6.07) is 12.7. The lowest BCUT2D eigenvalue weighted by molar-refractivity contribution is -0.136. The molecule has 2 heterocycles. The molecule has 30 heavy (non-hydrogen) atoms. The molecular formula is C23H30FN3O3. The third kappa shape index (κ3) is 6.08. The fourth-order valence-corrected chi connectivity index (χ4v) is 4.13. The summed E-state index contributed by atoms with van der Waals surface area (Å²) in [5.74, 6) is 0.00909. The van der Waals surface area contributed by atoms with Crippen LogP contribution in [-0.4, -0.2) is 74.3 Å². The minimum absolute atomic E-state index is 0.0404. The molecule has 162 valence electrons. The van der Waals surface area contributed by atoms with Gasteiger partial charge in [-0.25, -0.2) is 4.39 Å². The Kier molecular flexibility index (Phi) is 8.30. The van der Waals surface area contributed by atoms with Gasteiger partial charge in [0.2, 0.25) is 5.91 Å². The number of hydrogen-bond acceptors (Lipinski definition) is 5. The Morgan fingerprint density at radius 2 is 2.07 bits per heavy atom. The maximum Gasteiger partial charge on any atom is 0.248 e. The Labute approximate surface area is 177 Å². The number of pyridine rings is 1. The number of aromatic nitrogens is 1. The van der Waals surface area contributed by atoms with Crippen LogP contribution in [0.1, 0.15) is 17.2 Å². The average Bonchev–Trinajstić information content (AvgIpc) is 3.14. The summed E-state index contributed by atoms with van der Waals surface area (Å²) in [5.41, 5.74) is 1.97. The predicted molar refractivity (Wildman–Crippen MR) is 112 cm³/mol. The molecule has 0 unspecified atom stereocenters. The fourth-order valence-electron chi connectivity index (χ4n) is 4.13. The van der Waals surface area contributed by atoms with Crippen LogP contribution >= 0.6 is 0 Å². The second-order valence-corrected chi connectivity index (χ2v) is 7.70. The molecule has 1 fully saturated rings. The first-order valence-corrected chi connectivity index (χ1v) is 10.2. The number of carbonyl (C=O) groups excluding carboxylic acids is 1. The molecule has 1 saturated heterocycles. The van der Waals surface area contributed by atoms with Gasteiger partial charge in [-0.15, -0.1) is 0 Å². The summed E-state index contributed by atoms with van der Waals surface area (Å²) >= 11 is 0. The van der Waals surface area contributed by atoms with Crippen molar-refractivity contribution in [3.63, 3.8) is 0 Å².